The van der Waals surface area contributed by atoms with Crippen LogP contribution in [0.15, 0.2) is 18.2 Å². The van der Waals surface area contributed by atoms with Gasteiger partial charge in [0.25, 0.3) is 0 Å². The minimum absolute atomic E-state index is 0.00863. The normalized spacial score (nSPS) is 10.4. The molecule has 0 atom stereocenters. The summed E-state index contributed by atoms with van der Waals surface area (Å²) in [5.41, 5.74) is 7.90. The van der Waals surface area contributed by atoms with Gasteiger partial charge in [-0.05, 0) is 26.2 Å². The molecule has 0 spiro atoms. The van der Waals surface area contributed by atoms with E-state index >= 15 is 0 Å². The van der Waals surface area contributed by atoms with Gasteiger partial charge >= 0.3 is 0 Å². The standard InChI is InChI=1S/C14H19N3O2.C2H6/c1-9(18)13-7-10-6-11(19-5-4-17(2)3)8-12(15)14(10)16-13;1-2/h6-8,16H,4-5,15H2,1-3H3;1-2H3. The monoisotopic (exact) mass is 291 g/mol. The second-order valence-electron chi connectivity index (χ2n) is 4.87. The van der Waals surface area contributed by atoms with E-state index in [1.165, 1.54) is 6.92 Å². The number of carbonyl (C=O) groups is 1. The summed E-state index contributed by atoms with van der Waals surface area (Å²) in [6.45, 7) is 6.96. The third kappa shape index (κ3) is 4.49. The molecule has 1 aromatic carbocycles. The Hall–Kier alpha value is -2.01. The molecule has 0 aliphatic carbocycles. The smallest absolute Gasteiger partial charge is 0.175 e. The van der Waals surface area contributed by atoms with E-state index in [2.05, 4.69) is 4.98 Å². The van der Waals surface area contributed by atoms with Crippen LogP contribution >= 0.6 is 0 Å². The van der Waals surface area contributed by atoms with Crippen LogP contribution in [-0.4, -0.2) is 42.9 Å². The lowest BCUT2D eigenvalue weighted by molar-refractivity contribution is 0.101. The molecule has 0 saturated carbocycles. The largest absolute Gasteiger partial charge is 0.492 e. The predicted octanol–water partition coefficient (Wildman–Crippen LogP) is 2.92. The van der Waals surface area contributed by atoms with Gasteiger partial charge < -0.3 is 20.4 Å². The van der Waals surface area contributed by atoms with E-state index in [0.29, 0.717) is 18.0 Å². The van der Waals surface area contributed by atoms with Gasteiger partial charge in [-0.1, -0.05) is 13.8 Å². The molecule has 0 bridgehead atoms. The second kappa shape index (κ2) is 7.69. The van der Waals surface area contributed by atoms with E-state index in [4.69, 9.17) is 10.5 Å². The number of fused-ring (bicyclic) bond motifs is 1. The highest BCUT2D eigenvalue weighted by molar-refractivity contribution is 6.01. The van der Waals surface area contributed by atoms with Crippen LogP contribution in [0.2, 0.25) is 0 Å². The highest BCUT2D eigenvalue weighted by Gasteiger charge is 2.09. The number of ketones is 1. The summed E-state index contributed by atoms with van der Waals surface area (Å²) >= 11 is 0. The van der Waals surface area contributed by atoms with Gasteiger partial charge in [-0.2, -0.15) is 0 Å². The number of hydrogen-bond acceptors (Lipinski definition) is 4. The highest BCUT2D eigenvalue weighted by atomic mass is 16.5. The Labute approximate surface area is 126 Å². The number of Topliss-reactive ketones (excluding diaryl/α,β-unsaturated/α-hetero) is 1. The topological polar surface area (TPSA) is 71.3 Å². The van der Waals surface area contributed by atoms with Gasteiger partial charge in [-0.3, -0.25) is 4.79 Å². The van der Waals surface area contributed by atoms with E-state index in [9.17, 15) is 4.79 Å². The first kappa shape index (κ1) is 17.0. The number of hydrogen-bond donors (Lipinski definition) is 2. The van der Waals surface area contributed by atoms with Crippen molar-refractivity contribution < 1.29 is 9.53 Å². The summed E-state index contributed by atoms with van der Waals surface area (Å²) in [5.74, 6) is 0.714. The van der Waals surface area contributed by atoms with Crippen molar-refractivity contribution in [3.63, 3.8) is 0 Å². The van der Waals surface area contributed by atoms with Crippen molar-refractivity contribution in [1.82, 2.24) is 9.88 Å². The Balaban J connectivity index is 0.00000106. The fraction of sp³-hybridized carbons (Fsp3) is 0.438. The molecule has 0 aliphatic rings. The summed E-state index contributed by atoms with van der Waals surface area (Å²) in [5, 5.41) is 0.894. The molecule has 0 saturated heterocycles. The predicted molar refractivity (Wildman–Crippen MR) is 88.1 cm³/mol. The molecule has 2 aromatic rings. The van der Waals surface area contributed by atoms with Crippen molar-refractivity contribution in [3.8, 4) is 5.75 Å². The minimum Gasteiger partial charge on any atom is -0.492 e. The first-order valence-corrected chi connectivity index (χ1v) is 7.18. The zero-order chi connectivity index (χ0) is 16.0. The van der Waals surface area contributed by atoms with Crippen molar-refractivity contribution in [2.45, 2.75) is 20.8 Å². The molecule has 21 heavy (non-hydrogen) atoms. The van der Waals surface area contributed by atoms with Crippen LogP contribution in [0, 0.1) is 0 Å². The zero-order valence-corrected chi connectivity index (χ0v) is 13.5. The van der Waals surface area contributed by atoms with Gasteiger partial charge in [0.1, 0.15) is 12.4 Å². The third-order valence-electron chi connectivity index (χ3n) is 2.92. The van der Waals surface area contributed by atoms with E-state index in [1.807, 2.05) is 38.9 Å². The van der Waals surface area contributed by atoms with Crippen LogP contribution in [0.5, 0.6) is 5.75 Å². The molecule has 116 valence electrons. The number of nitrogens with two attached hydrogens (primary N) is 1. The van der Waals surface area contributed by atoms with Gasteiger partial charge in [0, 0.05) is 24.9 Å². The Kier molecular flexibility index (Phi) is 6.24. The lowest BCUT2D eigenvalue weighted by Gasteiger charge is -2.11. The Morgan fingerprint density at radius 2 is 1.95 bits per heavy atom. The molecule has 0 amide bonds. The van der Waals surface area contributed by atoms with Crippen LogP contribution in [-0.2, 0) is 0 Å². The molecule has 0 unspecified atom stereocenters. The summed E-state index contributed by atoms with van der Waals surface area (Å²) in [6, 6.07) is 5.47. The molecule has 3 N–H and O–H groups in total. The molecular formula is C16H25N3O2. The maximum Gasteiger partial charge on any atom is 0.175 e. The van der Waals surface area contributed by atoms with E-state index in [1.54, 1.807) is 12.1 Å². The van der Waals surface area contributed by atoms with Gasteiger partial charge in [-0.25, -0.2) is 0 Å². The fourth-order valence-corrected chi connectivity index (χ4v) is 1.86. The average Bonchev–Trinajstić information content (AvgIpc) is 2.85. The molecule has 0 fully saturated rings. The first-order chi connectivity index (χ1) is 9.97. The Morgan fingerprint density at radius 3 is 2.52 bits per heavy atom. The number of nitrogens with one attached hydrogen (secondary N) is 1. The van der Waals surface area contributed by atoms with Crippen molar-refractivity contribution in [1.29, 1.82) is 0 Å². The number of aromatic nitrogens is 1. The van der Waals surface area contributed by atoms with Crippen molar-refractivity contribution in [2.24, 2.45) is 0 Å². The number of anilines is 1. The highest BCUT2D eigenvalue weighted by Crippen LogP contribution is 2.27. The van der Waals surface area contributed by atoms with Crippen LogP contribution in [0.1, 0.15) is 31.3 Å². The Bertz CT molecular complexity index is 603. The number of benzene rings is 1. The summed E-state index contributed by atoms with van der Waals surface area (Å²) in [4.78, 5) is 16.4. The minimum atomic E-state index is -0.00863. The lowest BCUT2D eigenvalue weighted by Crippen LogP contribution is -2.19. The molecular weight excluding hydrogens is 266 g/mol. The average molecular weight is 291 g/mol. The lowest BCUT2D eigenvalue weighted by atomic mass is 10.2. The number of H-pyrrole nitrogens is 1. The SMILES string of the molecule is CC.CC(=O)c1cc2cc(OCCN(C)C)cc(N)c2[nH]1. The quantitative estimate of drug-likeness (QED) is 0.656. The number of likely N-dealkylation sites (N-methyl/N-ethyl adjacent to an activating group) is 1. The molecule has 1 aromatic heterocycles. The first-order valence-electron chi connectivity index (χ1n) is 7.18. The maximum absolute atomic E-state index is 11.3. The fourth-order valence-electron chi connectivity index (χ4n) is 1.86. The Morgan fingerprint density at radius 1 is 1.29 bits per heavy atom. The van der Waals surface area contributed by atoms with Crippen molar-refractivity contribution in [3.05, 3.63) is 23.9 Å². The third-order valence-corrected chi connectivity index (χ3v) is 2.92. The van der Waals surface area contributed by atoms with Gasteiger partial charge in [0.15, 0.2) is 5.78 Å². The number of aromatic amines is 1. The van der Waals surface area contributed by atoms with Crippen LogP contribution < -0.4 is 10.5 Å². The number of carbonyl (C=O) groups excluding carboxylic acids is 1. The molecule has 0 aliphatic heterocycles. The molecule has 5 nitrogen and oxygen atoms in total. The molecule has 1 heterocycles. The second-order valence-corrected chi connectivity index (χ2v) is 4.87. The molecule has 5 heteroatoms. The maximum atomic E-state index is 11.3. The van der Waals surface area contributed by atoms with Crippen LogP contribution in [0.3, 0.4) is 0 Å². The molecule has 0 radical (unpaired) electrons. The van der Waals surface area contributed by atoms with E-state index in [0.717, 1.165) is 23.2 Å². The van der Waals surface area contributed by atoms with Crippen LogP contribution in [0.25, 0.3) is 10.9 Å². The summed E-state index contributed by atoms with van der Waals surface area (Å²) in [7, 11) is 3.98. The van der Waals surface area contributed by atoms with Crippen LogP contribution in [0.4, 0.5) is 5.69 Å². The number of ether oxygens (including phenoxy) is 1. The number of nitrogens with zero attached hydrogens (tertiary/aromatic N) is 1. The summed E-state index contributed by atoms with van der Waals surface area (Å²) < 4.78 is 5.66. The van der Waals surface area contributed by atoms with E-state index < -0.39 is 0 Å². The number of rotatable bonds is 5. The van der Waals surface area contributed by atoms with Gasteiger partial charge in [0.05, 0.1) is 16.9 Å². The van der Waals surface area contributed by atoms with E-state index in [-0.39, 0.29) is 5.78 Å². The van der Waals surface area contributed by atoms with Gasteiger partial charge in [-0.15, -0.1) is 0 Å². The van der Waals surface area contributed by atoms with Gasteiger partial charge in [0.2, 0.25) is 0 Å². The van der Waals surface area contributed by atoms with Crippen molar-refractivity contribution in [2.75, 3.05) is 33.0 Å². The summed E-state index contributed by atoms with van der Waals surface area (Å²) in [6.07, 6.45) is 0. The zero-order valence-electron chi connectivity index (χ0n) is 13.5. The number of nitrogen functional groups attached to an aromatic ring is 1. The van der Waals surface area contributed by atoms with Crippen molar-refractivity contribution >= 4 is 22.4 Å². The molecule has 2 rings (SSSR count).